The number of ether oxygens (including phenoxy) is 1. The van der Waals surface area contributed by atoms with E-state index in [0.717, 1.165) is 22.4 Å². The molecule has 118 valence electrons. The number of fused-ring (bicyclic) bond motifs is 1. The molecule has 0 aliphatic heterocycles. The van der Waals surface area contributed by atoms with E-state index in [-0.39, 0.29) is 6.10 Å². The summed E-state index contributed by atoms with van der Waals surface area (Å²) in [6.07, 6.45) is -0.342. The molecule has 0 amide bonds. The van der Waals surface area contributed by atoms with Gasteiger partial charge in [-0.1, -0.05) is 48.5 Å². The summed E-state index contributed by atoms with van der Waals surface area (Å²) in [4.78, 5) is 0. The molecule has 1 atom stereocenters. The number of nitrogens with one attached hydrogen (secondary N) is 1. The monoisotopic (exact) mass is 307 g/mol. The maximum absolute atomic E-state index is 9.29. The van der Waals surface area contributed by atoms with Gasteiger partial charge in [0, 0.05) is 18.5 Å². The lowest BCUT2D eigenvalue weighted by Gasteiger charge is -2.11. The van der Waals surface area contributed by atoms with Gasteiger partial charge in [0.1, 0.15) is 11.5 Å². The van der Waals surface area contributed by atoms with Gasteiger partial charge >= 0.3 is 0 Å². The third-order valence-electron chi connectivity index (χ3n) is 3.64. The summed E-state index contributed by atoms with van der Waals surface area (Å²) in [6.45, 7) is 3.05. The molecule has 0 aliphatic rings. The molecular weight excluding hydrogens is 286 g/mol. The number of rotatable bonds is 6. The first-order valence-electron chi connectivity index (χ1n) is 7.86. The van der Waals surface area contributed by atoms with Crippen molar-refractivity contribution in [2.45, 2.75) is 19.6 Å². The van der Waals surface area contributed by atoms with Gasteiger partial charge in [0.15, 0.2) is 0 Å². The molecule has 3 aromatic rings. The zero-order valence-electron chi connectivity index (χ0n) is 13.2. The van der Waals surface area contributed by atoms with Crippen molar-refractivity contribution in [3.05, 3.63) is 72.3 Å². The molecule has 0 spiro atoms. The maximum Gasteiger partial charge on any atom is 0.135 e. The first-order chi connectivity index (χ1) is 11.2. The fraction of sp³-hybridized carbons (Fsp3) is 0.200. The quantitative estimate of drug-likeness (QED) is 0.720. The predicted molar refractivity (Wildman–Crippen MR) is 93.9 cm³/mol. The first-order valence-corrected chi connectivity index (χ1v) is 7.86. The minimum atomic E-state index is -0.342. The molecule has 0 saturated heterocycles. The van der Waals surface area contributed by atoms with Gasteiger partial charge in [-0.25, -0.2) is 0 Å². The zero-order chi connectivity index (χ0) is 16.1. The van der Waals surface area contributed by atoms with Crippen molar-refractivity contribution in [3.63, 3.8) is 0 Å². The SMILES string of the molecule is C[C@H](O)CNCc1cccc(Oc2cccc3ccccc23)c1. The highest BCUT2D eigenvalue weighted by molar-refractivity contribution is 5.88. The topological polar surface area (TPSA) is 41.5 Å². The molecule has 0 unspecified atom stereocenters. The van der Waals surface area contributed by atoms with Crippen LogP contribution < -0.4 is 10.1 Å². The summed E-state index contributed by atoms with van der Waals surface area (Å²) in [6, 6.07) is 22.3. The third kappa shape index (κ3) is 4.09. The maximum atomic E-state index is 9.29. The molecule has 3 aromatic carbocycles. The van der Waals surface area contributed by atoms with Crippen LogP contribution in [0.25, 0.3) is 10.8 Å². The largest absolute Gasteiger partial charge is 0.457 e. The summed E-state index contributed by atoms with van der Waals surface area (Å²) in [5.74, 6) is 1.68. The highest BCUT2D eigenvalue weighted by Crippen LogP contribution is 2.30. The molecule has 0 aromatic heterocycles. The fourth-order valence-corrected chi connectivity index (χ4v) is 2.56. The Labute approximate surface area is 136 Å². The van der Waals surface area contributed by atoms with Gasteiger partial charge in [0.25, 0.3) is 0 Å². The fourth-order valence-electron chi connectivity index (χ4n) is 2.56. The van der Waals surface area contributed by atoms with Crippen LogP contribution in [0.15, 0.2) is 66.7 Å². The minimum Gasteiger partial charge on any atom is -0.457 e. The molecule has 0 heterocycles. The van der Waals surface area contributed by atoms with Crippen LogP contribution in [0.3, 0.4) is 0 Å². The molecule has 23 heavy (non-hydrogen) atoms. The smallest absolute Gasteiger partial charge is 0.135 e. The van der Waals surface area contributed by atoms with E-state index in [2.05, 4.69) is 23.5 Å². The Balaban J connectivity index is 1.77. The van der Waals surface area contributed by atoms with E-state index >= 15 is 0 Å². The van der Waals surface area contributed by atoms with Gasteiger partial charge in [-0.3, -0.25) is 0 Å². The van der Waals surface area contributed by atoms with Crippen LogP contribution in [0, 0.1) is 0 Å². The lowest BCUT2D eigenvalue weighted by atomic mass is 10.1. The summed E-state index contributed by atoms with van der Waals surface area (Å²) in [7, 11) is 0. The number of benzene rings is 3. The van der Waals surface area contributed by atoms with Gasteiger partial charge in [0.05, 0.1) is 6.10 Å². The Morgan fingerprint density at radius 2 is 1.78 bits per heavy atom. The number of aliphatic hydroxyl groups is 1. The number of hydrogen-bond donors (Lipinski definition) is 2. The second-order valence-electron chi connectivity index (χ2n) is 5.71. The Morgan fingerprint density at radius 3 is 2.65 bits per heavy atom. The number of aliphatic hydroxyl groups excluding tert-OH is 1. The third-order valence-corrected chi connectivity index (χ3v) is 3.64. The molecule has 0 bridgehead atoms. The van der Waals surface area contributed by atoms with Crippen molar-refractivity contribution >= 4 is 10.8 Å². The van der Waals surface area contributed by atoms with E-state index in [4.69, 9.17) is 4.74 Å². The molecule has 0 radical (unpaired) electrons. The van der Waals surface area contributed by atoms with Crippen molar-refractivity contribution in [2.75, 3.05) is 6.54 Å². The highest BCUT2D eigenvalue weighted by atomic mass is 16.5. The molecular formula is C20H21NO2. The van der Waals surface area contributed by atoms with Gasteiger partial charge < -0.3 is 15.2 Å². The molecule has 0 saturated carbocycles. The van der Waals surface area contributed by atoms with E-state index < -0.39 is 0 Å². The van der Waals surface area contributed by atoms with Crippen LogP contribution in [0.4, 0.5) is 0 Å². The minimum absolute atomic E-state index is 0.342. The lowest BCUT2D eigenvalue weighted by Crippen LogP contribution is -2.23. The molecule has 2 N–H and O–H groups in total. The normalized spacial score (nSPS) is 12.3. The van der Waals surface area contributed by atoms with E-state index in [1.807, 2.05) is 48.5 Å². The van der Waals surface area contributed by atoms with Gasteiger partial charge in [-0.2, -0.15) is 0 Å². The molecule has 3 rings (SSSR count). The van der Waals surface area contributed by atoms with Crippen LogP contribution in [0.2, 0.25) is 0 Å². The standard InChI is InChI=1S/C20H21NO2/c1-15(22)13-21-14-16-6-4-9-18(12-16)23-20-11-5-8-17-7-2-3-10-19(17)20/h2-12,15,21-22H,13-14H2,1H3/t15-/m0/s1. The summed E-state index contributed by atoms with van der Waals surface area (Å²) in [5.41, 5.74) is 1.13. The second kappa shape index (κ2) is 7.27. The van der Waals surface area contributed by atoms with E-state index in [9.17, 15) is 5.11 Å². The van der Waals surface area contributed by atoms with Gasteiger partial charge in [-0.15, -0.1) is 0 Å². The number of hydrogen-bond acceptors (Lipinski definition) is 3. The lowest BCUT2D eigenvalue weighted by molar-refractivity contribution is 0.191. The Hall–Kier alpha value is -2.36. The van der Waals surface area contributed by atoms with Crippen molar-refractivity contribution in [1.29, 1.82) is 0 Å². The Morgan fingerprint density at radius 1 is 1.00 bits per heavy atom. The average Bonchev–Trinajstić information content (AvgIpc) is 2.55. The predicted octanol–water partition coefficient (Wildman–Crippen LogP) is 4.10. The van der Waals surface area contributed by atoms with Crippen LogP contribution in [0.1, 0.15) is 12.5 Å². The Kier molecular flexibility index (Phi) is 4.91. The van der Waals surface area contributed by atoms with Crippen molar-refractivity contribution < 1.29 is 9.84 Å². The van der Waals surface area contributed by atoms with Crippen LogP contribution in [-0.2, 0) is 6.54 Å². The molecule has 0 aliphatic carbocycles. The van der Waals surface area contributed by atoms with Crippen LogP contribution in [0.5, 0.6) is 11.5 Å². The molecule has 0 fully saturated rings. The van der Waals surface area contributed by atoms with E-state index in [1.54, 1.807) is 6.92 Å². The van der Waals surface area contributed by atoms with Crippen LogP contribution >= 0.6 is 0 Å². The van der Waals surface area contributed by atoms with Crippen molar-refractivity contribution in [3.8, 4) is 11.5 Å². The van der Waals surface area contributed by atoms with Gasteiger partial charge in [-0.05, 0) is 36.1 Å². The summed E-state index contributed by atoms with van der Waals surface area (Å²) in [5, 5.41) is 14.8. The zero-order valence-corrected chi connectivity index (χ0v) is 13.2. The summed E-state index contributed by atoms with van der Waals surface area (Å²) >= 11 is 0. The average molecular weight is 307 g/mol. The summed E-state index contributed by atoms with van der Waals surface area (Å²) < 4.78 is 6.08. The van der Waals surface area contributed by atoms with E-state index in [0.29, 0.717) is 13.1 Å². The first kappa shape index (κ1) is 15.5. The van der Waals surface area contributed by atoms with E-state index in [1.165, 1.54) is 5.39 Å². The van der Waals surface area contributed by atoms with Crippen molar-refractivity contribution in [1.82, 2.24) is 5.32 Å². The molecule has 3 nitrogen and oxygen atoms in total. The second-order valence-corrected chi connectivity index (χ2v) is 5.71. The Bertz CT molecular complexity index is 778. The van der Waals surface area contributed by atoms with Crippen LogP contribution in [-0.4, -0.2) is 17.8 Å². The highest BCUT2D eigenvalue weighted by Gasteiger charge is 2.04. The molecule has 3 heteroatoms. The van der Waals surface area contributed by atoms with Crippen molar-refractivity contribution in [2.24, 2.45) is 0 Å². The van der Waals surface area contributed by atoms with Gasteiger partial charge in [0.2, 0.25) is 0 Å².